The van der Waals surface area contributed by atoms with Gasteiger partial charge in [0.1, 0.15) is 11.8 Å². The molecule has 2 rings (SSSR count). The number of anilines is 1. The van der Waals surface area contributed by atoms with Gasteiger partial charge in [-0.2, -0.15) is 0 Å². The minimum absolute atomic E-state index is 0.109. The number of amides is 2. The maximum absolute atomic E-state index is 13.4. The first kappa shape index (κ1) is 28.2. The van der Waals surface area contributed by atoms with Gasteiger partial charge in [0, 0.05) is 32.1 Å². The molecule has 192 valence electrons. The van der Waals surface area contributed by atoms with Crippen molar-refractivity contribution in [2.75, 3.05) is 30.8 Å². The van der Waals surface area contributed by atoms with Gasteiger partial charge in [0.2, 0.25) is 21.8 Å². The zero-order valence-electron chi connectivity index (χ0n) is 21.3. The third kappa shape index (κ3) is 8.28. The molecular formula is C26H37N3O5S. The molecule has 0 spiro atoms. The van der Waals surface area contributed by atoms with E-state index in [0.29, 0.717) is 37.4 Å². The molecule has 2 aromatic rings. The van der Waals surface area contributed by atoms with Crippen molar-refractivity contribution in [1.29, 1.82) is 0 Å². The molecule has 2 amide bonds. The number of sulfonamides is 1. The second-order valence-corrected chi connectivity index (χ2v) is 10.4. The lowest BCUT2D eigenvalue weighted by atomic mass is 10.1. The highest BCUT2D eigenvalue weighted by Crippen LogP contribution is 2.24. The Kier molecular flexibility index (Phi) is 10.6. The molecule has 35 heavy (non-hydrogen) atoms. The number of hydrogen-bond donors (Lipinski definition) is 1. The Morgan fingerprint density at radius 2 is 1.80 bits per heavy atom. The van der Waals surface area contributed by atoms with Crippen molar-refractivity contribution in [2.45, 2.75) is 52.6 Å². The van der Waals surface area contributed by atoms with Crippen molar-refractivity contribution in [1.82, 2.24) is 10.2 Å². The number of nitrogens with one attached hydrogen (secondary N) is 1. The number of ether oxygens (including phenoxy) is 1. The predicted molar refractivity (Wildman–Crippen MR) is 139 cm³/mol. The van der Waals surface area contributed by atoms with Crippen LogP contribution < -0.4 is 14.4 Å². The predicted octanol–water partition coefficient (Wildman–Crippen LogP) is 3.49. The van der Waals surface area contributed by atoms with Gasteiger partial charge in [-0.05, 0) is 44.4 Å². The standard InChI is InChI=1S/C26H37N3O5S/c1-6-24(26(31)27-7-2)28(19-21-12-8-11-20(3)17-21)25(30)15-10-16-29(35(5,32)33)22-13-9-14-23(18-22)34-4/h8-9,11-14,17-18,24H,6-7,10,15-16,19H2,1-5H3,(H,27,31). The van der Waals surface area contributed by atoms with E-state index in [1.807, 2.05) is 45.0 Å². The number of nitrogens with zero attached hydrogens (tertiary/aromatic N) is 2. The van der Waals surface area contributed by atoms with Crippen LogP contribution >= 0.6 is 0 Å². The first-order chi connectivity index (χ1) is 16.6. The van der Waals surface area contributed by atoms with E-state index in [2.05, 4.69) is 5.32 Å². The van der Waals surface area contributed by atoms with E-state index in [1.54, 1.807) is 29.2 Å². The molecule has 1 unspecified atom stereocenters. The Hall–Kier alpha value is -3.07. The first-order valence-corrected chi connectivity index (χ1v) is 13.7. The van der Waals surface area contributed by atoms with E-state index < -0.39 is 16.1 Å². The van der Waals surface area contributed by atoms with Crippen LogP contribution in [-0.4, -0.2) is 57.6 Å². The Bertz CT molecular complexity index is 1100. The highest BCUT2D eigenvalue weighted by molar-refractivity contribution is 7.92. The fourth-order valence-electron chi connectivity index (χ4n) is 3.99. The van der Waals surface area contributed by atoms with Gasteiger partial charge in [0.05, 0.1) is 19.1 Å². The SMILES string of the molecule is CCNC(=O)C(CC)N(Cc1cccc(C)c1)C(=O)CCCN(c1cccc(OC)c1)S(C)(=O)=O. The van der Waals surface area contributed by atoms with Crippen LogP contribution in [0.2, 0.25) is 0 Å². The van der Waals surface area contributed by atoms with E-state index in [0.717, 1.165) is 17.4 Å². The van der Waals surface area contributed by atoms with Crippen molar-refractivity contribution >= 4 is 27.5 Å². The van der Waals surface area contributed by atoms with Gasteiger partial charge < -0.3 is 15.0 Å². The molecule has 0 aromatic heterocycles. The zero-order valence-corrected chi connectivity index (χ0v) is 22.1. The lowest BCUT2D eigenvalue weighted by molar-refractivity contribution is -0.141. The number of benzene rings is 2. The first-order valence-electron chi connectivity index (χ1n) is 11.8. The average Bonchev–Trinajstić information content (AvgIpc) is 2.81. The van der Waals surface area contributed by atoms with Gasteiger partial charge in [0.25, 0.3) is 0 Å². The molecule has 1 atom stereocenters. The number of rotatable bonds is 13. The van der Waals surface area contributed by atoms with E-state index in [-0.39, 0.29) is 24.8 Å². The molecule has 0 aliphatic carbocycles. The molecule has 0 radical (unpaired) electrons. The minimum Gasteiger partial charge on any atom is -0.497 e. The summed E-state index contributed by atoms with van der Waals surface area (Å²) in [5.41, 5.74) is 2.49. The molecule has 0 aliphatic heterocycles. The molecule has 0 saturated carbocycles. The van der Waals surface area contributed by atoms with E-state index in [4.69, 9.17) is 4.74 Å². The molecule has 8 nitrogen and oxygen atoms in total. The number of aryl methyl sites for hydroxylation is 1. The third-order valence-electron chi connectivity index (χ3n) is 5.67. The maximum atomic E-state index is 13.4. The number of carbonyl (C=O) groups is 2. The lowest BCUT2D eigenvalue weighted by Gasteiger charge is -2.31. The van der Waals surface area contributed by atoms with E-state index in [1.165, 1.54) is 11.4 Å². The topological polar surface area (TPSA) is 96.0 Å². The molecule has 0 saturated heterocycles. The summed E-state index contributed by atoms with van der Waals surface area (Å²) in [6, 6.07) is 14.0. The van der Waals surface area contributed by atoms with Gasteiger partial charge >= 0.3 is 0 Å². The van der Waals surface area contributed by atoms with Crippen LogP contribution in [0.15, 0.2) is 48.5 Å². The summed E-state index contributed by atoms with van der Waals surface area (Å²) in [4.78, 5) is 27.7. The second-order valence-electron chi connectivity index (χ2n) is 8.47. The molecule has 1 N–H and O–H groups in total. The molecule has 0 fully saturated rings. The van der Waals surface area contributed by atoms with Crippen LogP contribution in [0.1, 0.15) is 44.2 Å². The smallest absolute Gasteiger partial charge is 0.242 e. The highest BCUT2D eigenvalue weighted by atomic mass is 32.2. The van der Waals surface area contributed by atoms with Crippen LogP contribution in [0.4, 0.5) is 5.69 Å². The summed E-state index contributed by atoms with van der Waals surface area (Å²) < 4.78 is 31.4. The minimum atomic E-state index is -3.57. The number of carbonyl (C=O) groups excluding carboxylic acids is 2. The van der Waals surface area contributed by atoms with Gasteiger partial charge in [-0.1, -0.05) is 42.8 Å². The van der Waals surface area contributed by atoms with Crippen molar-refractivity contribution in [2.24, 2.45) is 0 Å². The van der Waals surface area contributed by atoms with Crippen molar-refractivity contribution in [3.05, 3.63) is 59.7 Å². The Labute approximate surface area is 209 Å². The average molecular weight is 504 g/mol. The Balaban J connectivity index is 2.21. The lowest BCUT2D eigenvalue weighted by Crippen LogP contribution is -2.49. The fourth-order valence-corrected chi connectivity index (χ4v) is 4.95. The van der Waals surface area contributed by atoms with Gasteiger partial charge in [-0.15, -0.1) is 0 Å². The summed E-state index contributed by atoms with van der Waals surface area (Å²) in [5.74, 6) is 0.165. The quantitative estimate of drug-likeness (QED) is 0.451. The molecule has 0 aliphatic rings. The van der Waals surface area contributed by atoms with E-state index >= 15 is 0 Å². The summed E-state index contributed by atoms with van der Waals surface area (Å²) in [6.45, 7) is 6.62. The zero-order chi connectivity index (χ0) is 26.0. The van der Waals surface area contributed by atoms with E-state index in [9.17, 15) is 18.0 Å². The number of methoxy groups -OCH3 is 1. The van der Waals surface area contributed by atoms with Gasteiger partial charge in [-0.3, -0.25) is 13.9 Å². The van der Waals surface area contributed by atoms with Crippen LogP contribution in [0.25, 0.3) is 0 Å². The largest absolute Gasteiger partial charge is 0.497 e. The van der Waals surface area contributed by atoms with Gasteiger partial charge in [-0.25, -0.2) is 8.42 Å². The van der Waals surface area contributed by atoms with Crippen LogP contribution in [0.3, 0.4) is 0 Å². The normalized spacial score (nSPS) is 12.0. The van der Waals surface area contributed by atoms with Crippen LogP contribution in [0.5, 0.6) is 5.75 Å². The van der Waals surface area contributed by atoms with Crippen LogP contribution in [0, 0.1) is 6.92 Å². The summed E-state index contributed by atoms with van der Waals surface area (Å²) >= 11 is 0. The Morgan fingerprint density at radius 3 is 2.40 bits per heavy atom. The molecular weight excluding hydrogens is 466 g/mol. The van der Waals surface area contributed by atoms with Crippen molar-refractivity contribution in [3.8, 4) is 5.75 Å². The Morgan fingerprint density at radius 1 is 1.09 bits per heavy atom. The van der Waals surface area contributed by atoms with Crippen molar-refractivity contribution < 1.29 is 22.7 Å². The summed E-state index contributed by atoms with van der Waals surface area (Å²) in [6.07, 6.45) is 2.03. The van der Waals surface area contributed by atoms with Gasteiger partial charge in [0.15, 0.2) is 0 Å². The highest BCUT2D eigenvalue weighted by Gasteiger charge is 2.28. The maximum Gasteiger partial charge on any atom is 0.242 e. The molecule has 0 heterocycles. The molecule has 0 bridgehead atoms. The summed E-state index contributed by atoms with van der Waals surface area (Å²) in [7, 11) is -2.05. The molecule has 2 aromatic carbocycles. The van der Waals surface area contributed by atoms with Crippen LogP contribution in [-0.2, 0) is 26.2 Å². The summed E-state index contributed by atoms with van der Waals surface area (Å²) in [5, 5.41) is 2.82. The van der Waals surface area contributed by atoms with Crippen molar-refractivity contribution in [3.63, 3.8) is 0 Å². The number of hydrogen-bond acceptors (Lipinski definition) is 5. The molecule has 9 heteroatoms. The number of likely N-dealkylation sites (N-methyl/N-ethyl adjacent to an activating group) is 1. The fraction of sp³-hybridized carbons (Fsp3) is 0.462. The second kappa shape index (κ2) is 13.1. The monoisotopic (exact) mass is 503 g/mol. The third-order valence-corrected chi connectivity index (χ3v) is 6.86.